The van der Waals surface area contributed by atoms with Crippen molar-refractivity contribution in [3.8, 4) is 0 Å². The van der Waals surface area contributed by atoms with E-state index >= 15 is 0 Å². The van der Waals surface area contributed by atoms with Gasteiger partial charge in [0.25, 0.3) is 0 Å². The first-order valence-electron chi connectivity index (χ1n) is 7.35. The number of carbonyl (C=O) groups is 3. The SMILES string of the molecule is COC(=O)/C=C(/Nc1ccc(NC(=O)C(C)C)c(C)c1)C(=O)OC. The number of carbonyl (C=O) groups excluding carboxylic acids is 3. The van der Waals surface area contributed by atoms with Crippen molar-refractivity contribution < 1.29 is 23.9 Å². The van der Waals surface area contributed by atoms with Crippen LogP contribution in [0.25, 0.3) is 0 Å². The molecule has 130 valence electrons. The summed E-state index contributed by atoms with van der Waals surface area (Å²) in [7, 11) is 2.43. The van der Waals surface area contributed by atoms with E-state index in [1.165, 1.54) is 14.2 Å². The minimum absolute atomic E-state index is 0.0530. The lowest BCUT2D eigenvalue weighted by atomic mass is 10.1. The number of benzene rings is 1. The number of esters is 2. The third kappa shape index (κ3) is 5.42. The number of amides is 1. The van der Waals surface area contributed by atoms with Gasteiger partial charge in [0.05, 0.1) is 20.3 Å². The number of hydrogen-bond acceptors (Lipinski definition) is 6. The van der Waals surface area contributed by atoms with Gasteiger partial charge in [0, 0.05) is 17.3 Å². The molecule has 0 saturated carbocycles. The molecule has 0 aromatic heterocycles. The van der Waals surface area contributed by atoms with Gasteiger partial charge < -0.3 is 20.1 Å². The molecule has 2 N–H and O–H groups in total. The smallest absolute Gasteiger partial charge is 0.354 e. The van der Waals surface area contributed by atoms with Gasteiger partial charge in [-0.05, 0) is 30.7 Å². The summed E-state index contributed by atoms with van der Waals surface area (Å²) in [5, 5.41) is 5.63. The number of anilines is 2. The third-order valence-corrected chi connectivity index (χ3v) is 3.16. The Hall–Kier alpha value is -2.83. The number of hydrogen-bond donors (Lipinski definition) is 2. The topological polar surface area (TPSA) is 93.7 Å². The van der Waals surface area contributed by atoms with E-state index in [1.807, 2.05) is 6.92 Å². The number of aryl methyl sites for hydroxylation is 1. The fourth-order valence-electron chi connectivity index (χ4n) is 1.75. The van der Waals surface area contributed by atoms with Crippen LogP contribution in [0.2, 0.25) is 0 Å². The summed E-state index contributed by atoms with van der Waals surface area (Å²) in [5.74, 6) is -1.59. The lowest BCUT2D eigenvalue weighted by Gasteiger charge is -2.13. The van der Waals surface area contributed by atoms with Crippen LogP contribution >= 0.6 is 0 Å². The van der Waals surface area contributed by atoms with Gasteiger partial charge in [-0.1, -0.05) is 13.8 Å². The van der Waals surface area contributed by atoms with Crippen LogP contribution in [0, 0.1) is 12.8 Å². The molecule has 0 fully saturated rings. The zero-order valence-electron chi connectivity index (χ0n) is 14.4. The van der Waals surface area contributed by atoms with Crippen molar-refractivity contribution in [3.05, 3.63) is 35.5 Å². The van der Waals surface area contributed by atoms with Crippen molar-refractivity contribution in [2.45, 2.75) is 20.8 Å². The van der Waals surface area contributed by atoms with E-state index in [0.29, 0.717) is 11.4 Å². The molecular formula is C17H22N2O5. The predicted octanol–water partition coefficient (Wildman–Crippen LogP) is 2.23. The summed E-state index contributed by atoms with van der Waals surface area (Å²) in [4.78, 5) is 34.8. The molecule has 7 heteroatoms. The second kappa shape index (κ2) is 8.71. The highest BCUT2D eigenvalue weighted by Gasteiger charge is 2.14. The summed E-state index contributed by atoms with van der Waals surface area (Å²) in [6, 6.07) is 5.13. The van der Waals surface area contributed by atoms with Gasteiger partial charge in [-0.3, -0.25) is 4.79 Å². The van der Waals surface area contributed by atoms with Crippen LogP contribution in [0.5, 0.6) is 0 Å². The van der Waals surface area contributed by atoms with Gasteiger partial charge in [-0.15, -0.1) is 0 Å². The van der Waals surface area contributed by atoms with Crippen LogP contribution in [0.1, 0.15) is 19.4 Å². The Labute approximate surface area is 141 Å². The van der Waals surface area contributed by atoms with E-state index in [0.717, 1.165) is 11.6 Å². The minimum Gasteiger partial charge on any atom is -0.466 e. The number of ether oxygens (including phenoxy) is 2. The third-order valence-electron chi connectivity index (χ3n) is 3.16. The van der Waals surface area contributed by atoms with Crippen molar-refractivity contribution in [2.75, 3.05) is 24.9 Å². The molecule has 0 heterocycles. The Bertz CT molecular complexity index is 665. The molecule has 7 nitrogen and oxygen atoms in total. The molecule has 1 aromatic carbocycles. The Morgan fingerprint density at radius 1 is 1.08 bits per heavy atom. The first-order chi connectivity index (χ1) is 11.3. The second-order valence-electron chi connectivity index (χ2n) is 5.37. The van der Waals surface area contributed by atoms with Crippen molar-refractivity contribution in [1.82, 2.24) is 0 Å². The van der Waals surface area contributed by atoms with Crippen LogP contribution in [0.4, 0.5) is 11.4 Å². The first-order valence-corrected chi connectivity index (χ1v) is 7.35. The van der Waals surface area contributed by atoms with Gasteiger partial charge in [-0.2, -0.15) is 0 Å². The van der Waals surface area contributed by atoms with Gasteiger partial charge in [0.2, 0.25) is 5.91 Å². The van der Waals surface area contributed by atoms with Crippen LogP contribution in [-0.2, 0) is 23.9 Å². The summed E-state index contributed by atoms with van der Waals surface area (Å²) in [5.41, 5.74) is 1.99. The molecule has 24 heavy (non-hydrogen) atoms. The molecule has 0 aliphatic carbocycles. The summed E-state index contributed by atoms with van der Waals surface area (Å²) >= 11 is 0. The fraction of sp³-hybridized carbons (Fsp3) is 0.353. The fourth-order valence-corrected chi connectivity index (χ4v) is 1.75. The van der Waals surface area contributed by atoms with Gasteiger partial charge in [0.15, 0.2) is 0 Å². The molecule has 0 aliphatic rings. The monoisotopic (exact) mass is 334 g/mol. The lowest BCUT2D eigenvalue weighted by Crippen LogP contribution is -2.18. The van der Waals surface area contributed by atoms with E-state index in [2.05, 4.69) is 20.1 Å². The highest BCUT2D eigenvalue weighted by atomic mass is 16.5. The average Bonchev–Trinajstić information content (AvgIpc) is 2.55. The lowest BCUT2D eigenvalue weighted by molar-refractivity contribution is -0.138. The zero-order chi connectivity index (χ0) is 18.3. The van der Waals surface area contributed by atoms with E-state index in [9.17, 15) is 14.4 Å². The van der Waals surface area contributed by atoms with Gasteiger partial charge in [-0.25, -0.2) is 9.59 Å². The molecule has 0 unspecified atom stereocenters. The zero-order valence-corrected chi connectivity index (χ0v) is 14.4. The molecule has 1 amide bonds. The maximum atomic E-state index is 11.8. The Morgan fingerprint density at radius 2 is 1.75 bits per heavy atom. The molecule has 1 aromatic rings. The summed E-state index contributed by atoms with van der Waals surface area (Å²) < 4.78 is 9.14. The maximum Gasteiger partial charge on any atom is 0.354 e. The van der Waals surface area contributed by atoms with Crippen LogP contribution in [-0.4, -0.2) is 32.1 Å². The minimum atomic E-state index is -0.699. The van der Waals surface area contributed by atoms with Crippen molar-refractivity contribution >= 4 is 29.2 Å². The standard InChI is InChI=1S/C17H22N2O5/c1-10(2)16(21)19-13-7-6-12(8-11(13)3)18-14(17(22)24-5)9-15(20)23-4/h6-10,18H,1-5H3,(H,19,21)/b14-9+. The highest BCUT2D eigenvalue weighted by molar-refractivity contribution is 5.99. The first kappa shape index (κ1) is 19.2. The predicted molar refractivity (Wildman–Crippen MR) is 90.4 cm³/mol. The van der Waals surface area contributed by atoms with E-state index < -0.39 is 11.9 Å². The van der Waals surface area contributed by atoms with Crippen molar-refractivity contribution in [3.63, 3.8) is 0 Å². The quantitative estimate of drug-likeness (QED) is 0.612. The molecule has 0 spiro atoms. The normalized spacial score (nSPS) is 11.0. The number of nitrogens with one attached hydrogen (secondary N) is 2. The van der Waals surface area contributed by atoms with Crippen LogP contribution < -0.4 is 10.6 Å². The molecule has 0 atom stereocenters. The van der Waals surface area contributed by atoms with Crippen molar-refractivity contribution in [1.29, 1.82) is 0 Å². The van der Waals surface area contributed by atoms with E-state index in [4.69, 9.17) is 0 Å². The Kier molecular flexibility index (Phi) is 6.98. The van der Waals surface area contributed by atoms with Crippen molar-refractivity contribution in [2.24, 2.45) is 5.92 Å². The van der Waals surface area contributed by atoms with E-state index in [-0.39, 0.29) is 17.5 Å². The van der Waals surface area contributed by atoms with Gasteiger partial charge >= 0.3 is 11.9 Å². The molecule has 0 bridgehead atoms. The molecule has 0 aliphatic heterocycles. The largest absolute Gasteiger partial charge is 0.466 e. The summed E-state index contributed by atoms with van der Waals surface area (Å²) in [6.45, 7) is 5.44. The van der Waals surface area contributed by atoms with Gasteiger partial charge in [0.1, 0.15) is 5.70 Å². The molecule has 0 saturated heterocycles. The average molecular weight is 334 g/mol. The maximum absolute atomic E-state index is 11.8. The van der Waals surface area contributed by atoms with Crippen LogP contribution in [0.15, 0.2) is 30.0 Å². The van der Waals surface area contributed by atoms with Crippen LogP contribution in [0.3, 0.4) is 0 Å². The second-order valence-corrected chi connectivity index (χ2v) is 5.37. The molecular weight excluding hydrogens is 312 g/mol. The summed E-state index contributed by atoms with van der Waals surface area (Å²) in [6.07, 6.45) is 1.01. The van der Waals surface area contributed by atoms with E-state index in [1.54, 1.807) is 32.0 Å². The number of rotatable bonds is 6. The Morgan fingerprint density at radius 3 is 2.25 bits per heavy atom. The Balaban J connectivity index is 2.99. The molecule has 0 radical (unpaired) electrons. The number of methoxy groups -OCH3 is 2. The highest BCUT2D eigenvalue weighted by Crippen LogP contribution is 2.21. The molecule has 1 rings (SSSR count).